The van der Waals surface area contributed by atoms with Gasteiger partial charge in [0.25, 0.3) is 0 Å². The predicted octanol–water partition coefficient (Wildman–Crippen LogP) is 0.142. The Labute approximate surface area is 48.3 Å². The SMILES string of the molecule is O=C1NCC2CC[C@H]12. The highest BCUT2D eigenvalue weighted by molar-refractivity contribution is 5.82. The molecule has 0 spiro atoms. The average molecular weight is 111 g/mol. The molecule has 2 heteroatoms. The van der Waals surface area contributed by atoms with Crippen LogP contribution in [0.3, 0.4) is 0 Å². The fourth-order valence-corrected chi connectivity index (χ4v) is 1.52. The minimum Gasteiger partial charge on any atom is -0.356 e. The van der Waals surface area contributed by atoms with Crippen LogP contribution in [0, 0.1) is 11.8 Å². The second-order valence-electron chi connectivity index (χ2n) is 2.69. The third-order valence-electron chi connectivity index (χ3n) is 2.29. The average Bonchev–Trinajstić information content (AvgIpc) is 1.80. The third kappa shape index (κ3) is 0.358. The summed E-state index contributed by atoms with van der Waals surface area (Å²) in [6.45, 7) is 0.948. The standard InChI is InChI=1S/C6H9NO/c8-6-5-2-1-4(5)3-7-6/h4-5H,1-3H2,(H,7,8)/t4?,5-/m0/s1. The third-order valence-corrected chi connectivity index (χ3v) is 2.29. The lowest BCUT2D eigenvalue weighted by atomic mass is 9.76. The highest BCUT2D eigenvalue weighted by Crippen LogP contribution is 2.37. The number of amides is 1. The molecule has 1 heterocycles. The molecule has 1 saturated heterocycles. The number of carbonyl (C=O) groups is 1. The van der Waals surface area contributed by atoms with E-state index in [1.807, 2.05) is 0 Å². The number of fused-ring (bicyclic) bond motifs is 1. The van der Waals surface area contributed by atoms with Crippen molar-refractivity contribution < 1.29 is 4.79 Å². The van der Waals surface area contributed by atoms with Gasteiger partial charge in [-0.05, 0) is 18.8 Å². The molecule has 0 aromatic rings. The molecule has 1 aliphatic heterocycles. The molecular formula is C6H9NO. The predicted molar refractivity (Wildman–Crippen MR) is 29.2 cm³/mol. The summed E-state index contributed by atoms with van der Waals surface area (Å²) in [5.74, 6) is 1.42. The molecule has 8 heavy (non-hydrogen) atoms. The van der Waals surface area contributed by atoms with E-state index in [9.17, 15) is 4.79 Å². The summed E-state index contributed by atoms with van der Waals surface area (Å²) in [6, 6.07) is 0. The van der Waals surface area contributed by atoms with Crippen molar-refractivity contribution in [2.24, 2.45) is 11.8 Å². The van der Waals surface area contributed by atoms with E-state index in [1.54, 1.807) is 0 Å². The molecule has 2 fully saturated rings. The van der Waals surface area contributed by atoms with E-state index in [2.05, 4.69) is 5.32 Å². The lowest BCUT2D eigenvalue weighted by Gasteiger charge is -2.25. The molecule has 1 aliphatic carbocycles. The summed E-state index contributed by atoms with van der Waals surface area (Å²) in [6.07, 6.45) is 2.40. The van der Waals surface area contributed by atoms with Crippen LogP contribution in [0.25, 0.3) is 0 Å². The number of carbonyl (C=O) groups excluding carboxylic acids is 1. The Morgan fingerprint density at radius 1 is 1.50 bits per heavy atom. The van der Waals surface area contributed by atoms with Crippen molar-refractivity contribution in [3.05, 3.63) is 0 Å². The normalized spacial score (nSPS) is 42.8. The number of nitrogens with one attached hydrogen (secondary N) is 1. The lowest BCUT2D eigenvalue weighted by Crippen LogP contribution is -2.26. The molecule has 1 saturated carbocycles. The van der Waals surface area contributed by atoms with Crippen molar-refractivity contribution in [3.63, 3.8) is 0 Å². The Kier molecular flexibility index (Phi) is 0.678. The monoisotopic (exact) mass is 111 g/mol. The fraction of sp³-hybridized carbons (Fsp3) is 0.833. The van der Waals surface area contributed by atoms with Gasteiger partial charge in [-0.25, -0.2) is 0 Å². The van der Waals surface area contributed by atoms with Crippen LogP contribution in [-0.2, 0) is 4.79 Å². The largest absolute Gasteiger partial charge is 0.356 e. The first-order chi connectivity index (χ1) is 3.88. The van der Waals surface area contributed by atoms with Gasteiger partial charge in [-0.1, -0.05) is 0 Å². The molecule has 0 radical (unpaired) electrons. The zero-order valence-corrected chi connectivity index (χ0v) is 4.68. The van der Waals surface area contributed by atoms with Gasteiger partial charge in [0.15, 0.2) is 0 Å². The molecule has 2 rings (SSSR count). The Morgan fingerprint density at radius 3 is 2.62 bits per heavy atom. The summed E-state index contributed by atoms with van der Waals surface area (Å²) in [4.78, 5) is 10.7. The molecule has 2 atom stereocenters. The minimum absolute atomic E-state index is 0.293. The van der Waals surface area contributed by atoms with Gasteiger partial charge >= 0.3 is 0 Å². The van der Waals surface area contributed by atoms with Gasteiger partial charge in [-0.2, -0.15) is 0 Å². The molecule has 1 amide bonds. The molecule has 0 aromatic carbocycles. The maximum Gasteiger partial charge on any atom is 0.223 e. The Bertz CT molecular complexity index is 132. The van der Waals surface area contributed by atoms with E-state index in [-0.39, 0.29) is 0 Å². The van der Waals surface area contributed by atoms with Crippen molar-refractivity contribution >= 4 is 5.91 Å². The van der Waals surface area contributed by atoms with E-state index in [4.69, 9.17) is 0 Å². The van der Waals surface area contributed by atoms with Gasteiger partial charge in [0.1, 0.15) is 0 Å². The maximum absolute atomic E-state index is 10.7. The zero-order valence-electron chi connectivity index (χ0n) is 4.68. The van der Waals surface area contributed by atoms with Crippen molar-refractivity contribution in [2.75, 3.05) is 6.54 Å². The van der Waals surface area contributed by atoms with Gasteiger partial charge < -0.3 is 5.32 Å². The van der Waals surface area contributed by atoms with Crippen LogP contribution in [-0.4, -0.2) is 12.5 Å². The van der Waals surface area contributed by atoms with Crippen LogP contribution in [0.4, 0.5) is 0 Å². The second kappa shape index (κ2) is 1.24. The van der Waals surface area contributed by atoms with Crippen LogP contribution >= 0.6 is 0 Å². The van der Waals surface area contributed by atoms with Crippen LogP contribution in [0.2, 0.25) is 0 Å². The van der Waals surface area contributed by atoms with E-state index < -0.39 is 0 Å². The van der Waals surface area contributed by atoms with Crippen molar-refractivity contribution in [1.29, 1.82) is 0 Å². The first-order valence-electron chi connectivity index (χ1n) is 3.15. The summed E-state index contributed by atoms with van der Waals surface area (Å²) in [7, 11) is 0. The van der Waals surface area contributed by atoms with E-state index >= 15 is 0 Å². The van der Waals surface area contributed by atoms with E-state index in [0.717, 1.165) is 13.0 Å². The number of hydrogen-bond acceptors (Lipinski definition) is 1. The summed E-state index contributed by atoms with van der Waals surface area (Å²) in [5, 5.41) is 2.84. The maximum atomic E-state index is 10.7. The van der Waals surface area contributed by atoms with Gasteiger partial charge in [0.05, 0.1) is 0 Å². The molecule has 1 unspecified atom stereocenters. The molecular weight excluding hydrogens is 102 g/mol. The molecule has 2 nitrogen and oxygen atoms in total. The molecule has 44 valence electrons. The van der Waals surface area contributed by atoms with Crippen molar-refractivity contribution in [1.82, 2.24) is 5.32 Å². The second-order valence-corrected chi connectivity index (χ2v) is 2.69. The zero-order chi connectivity index (χ0) is 5.56. The van der Waals surface area contributed by atoms with Crippen LogP contribution in [0.1, 0.15) is 12.8 Å². The van der Waals surface area contributed by atoms with Crippen molar-refractivity contribution in [3.8, 4) is 0 Å². The Morgan fingerprint density at radius 2 is 2.38 bits per heavy atom. The first-order valence-corrected chi connectivity index (χ1v) is 3.15. The molecule has 2 aliphatic rings. The lowest BCUT2D eigenvalue weighted by molar-refractivity contribution is -0.124. The van der Waals surface area contributed by atoms with Crippen LogP contribution < -0.4 is 5.32 Å². The van der Waals surface area contributed by atoms with E-state index in [0.29, 0.717) is 17.7 Å². The van der Waals surface area contributed by atoms with Gasteiger partial charge in [0.2, 0.25) is 5.91 Å². The van der Waals surface area contributed by atoms with Gasteiger partial charge in [-0.3, -0.25) is 4.79 Å². The molecule has 1 N–H and O–H groups in total. The fourth-order valence-electron chi connectivity index (χ4n) is 1.52. The minimum atomic E-state index is 0.293. The summed E-state index contributed by atoms with van der Waals surface area (Å²) < 4.78 is 0. The molecule has 0 bridgehead atoms. The Balaban J connectivity index is 2.15. The summed E-state index contributed by atoms with van der Waals surface area (Å²) >= 11 is 0. The van der Waals surface area contributed by atoms with Crippen molar-refractivity contribution in [2.45, 2.75) is 12.8 Å². The van der Waals surface area contributed by atoms with Gasteiger partial charge in [0, 0.05) is 12.5 Å². The quantitative estimate of drug-likeness (QED) is 0.473. The Hall–Kier alpha value is -0.530. The summed E-state index contributed by atoms with van der Waals surface area (Å²) in [5.41, 5.74) is 0. The van der Waals surface area contributed by atoms with E-state index in [1.165, 1.54) is 6.42 Å². The number of hydrogen-bond donors (Lipinski definition) is 1. The van der Waals surface area contributed by atoms with Crippen LogP contribution in [0.15, 0.2) is 0 Å². The topological polar surface area (TPSA) is 29.1 Å². The number of rotatable bonds is 0. The highest BCUT2D eigenvalue weighted by Gasteiger charge is 2.41. The van der Waals surface area contributed by atoms with Crippen LogP contribution in [0.5, 0.6) is 0 Å². The first kappa shape index (κ1) is 4.36. The molecule has 0 aromatic heterocycles. The highest BCUT2D eigenvalue weighted by atomic mass is 16.2. The van der Waals surface area contributed by atoms with Gasteiger partial charge in [-0.15, -0.1) is 0 Å². The smallest absolute Gasteiger partial charge is 0.223 e.